The van der Waals surface area contributed by atoms with Crippen LogP contribution in [0.4, 0.5) is 0 Å². The van der Waals surface area contributed by atoms with Crippen molar-refractivity contribution in [3.63, 3.8) is 0 Å². The van der Waals surface area contributed by atoms with Crippen molar-refractivity contribution >= 4 is 28.2 Å². The fraction of sp³-hybridized carbons (Fsp3) is 0.286. The number of rotatable bonds is 2. The molecule has 5 rings (SSSR count). The number of fused-ring (bicyclic) bond motifs is 2. The van der Waals surface area contributed by atoms with Crippen LogP contribution in [0.2, 0.25) is 5.02 Å². The van der Waals surface area contributed by atoms with Gasteiger partial charge in [-0.1, -0.05) is 17.7 Å². The highest BCUT2D eigenvalue weighted by molar-refractivity contribution is 6.33. The van der Waals surface area contributed by atoms with Gasteiger partial charge in [0.25, 0.3) is 5.56 Å². The van der Waals surface area contributed by atoms with Crippen LogP contribution in [0.3, 0.4) is 0 Å². The smallest absolute Gasteiger partial charge is 0.258 e. The molecular formula is C21H20ClN5O. The van der Waals surface area contributed by atoms with Crippen molar-refractivity contribution in [2.75, 3.05) is 13.1 Å². The van der Waals surface area contributed by atoms with E-state index in [1.54, 1.807) is 0 Å². The van der Waals surface area contributed by atoms with Gasteiger partial charge in [0.05, 0.1) is 21.6 Å². The molecule has 4 heterocycles. The van der Waals surface area contributed by atoms with Gasteiger partial charge >= 0.3 is 0 Å². The number of pyridine rings is 1. The summed E-state index contributed by atoms with van der Waals surface area (Å²) < 4.78 is 1.92. The van der Waals surface area contributed by atoms with Crippen LogP contribution in [0.1, 0.15) is 30.3 Å². The van der Waals surface area contributed by atoms with Crippen LogP contribution in [-0.4, -0.2) is 32.4 Å². The Morgan fingerprint density at radius 1 is 1.11 bits per heavy atom. The van der Waals surface area contributed by atoms with Gasteiger partial charge in [-0.2, -0.15) is 0 Å². The third kappa shape index (κ3) is 2.99. The minimum Gasteiger partial charge on any atom is -0.317 e. The van der Waals surface area contributed by atoms with E-state index < -0.39 is 0 Å². The number of nitrogens with zero attached hydrogens (tertiary/aromatic N) is 3. The largest absolute Gasteiger partial charge is 0.317 e. The first-order valence-corrected chi connectivity index (χ1v) is 9.86. The van der Waals surface area contributed by atoms with Crippen molar-refractivity contribution in [1.82, 2.24) is 24.7 Å². The molecule has 3 aromatic heterocycles. The number of benzene rings is 1. The van der Waals surface area contributed by atoms with Gasteiger partial charge in [0.2, 0.25) is 0 Å². The number of aromatic amines is 1. The Labute approximate surface area is 166 Å². The number of hydrogen-bond donors (Lipinski definition) is 2. The second-order valence-corrected chi connectivity index (χ2v) is 7.80. The van der Waals surface area contributed by atoms with Crippen LogP contribution in [0, 0.1) is 6.92 Å². The van der Waals surface area contributed by atoms with Crippen molar-refractivity contribution in [2.45, 2.75) is 25.7 Å². The summed E-state index contributed by atoms with van der Waals surface area (Å²) in [4.78, 5) is 24.9. The Morgan fingerprint density at radius 2 is 1.93 bits per heavy atom. The predicted molar refractivity (Wildman–Crippen MR) is 111 cm³/mol. The summed E-state index contributed by atoms with van der Waals surface area (Å²) in [7, 11) is 0. The number of nitrogens with one attached hydrogen (secondary N) is 2. The van der Waals surface area contributed by atoms with Crippen LogP contribution >= 0.6 is 11.6 Å². The number of imidazole rings is 1. The molecule has 6 nitrogen and oxygen atoms in total. The molecule has 1 saturated heterocycles. The molecule has 0 bridgehead atoms. The first-order valence-electron chi connectivity index (χ1n) is 9.48. The maximum atomic E-state index is 12.8. The average molecular weight is 394 g/mol. The molecule has 1 fully saturated rings. The van der Waals surface area contributed by atoms with Crippen molar-refractivity contribution in [1.29, 1.82) is 0 Å². The molecule has 0 saturated carbocycles. The monoisotopic (exact) mass is 393 g/mol. The van der Waals surface area contributed by atoms with Gasteiger partial charge in [0.1, 0.15) is 5.82 Å². The van der Waals surface area contributed by atoms with E-state index in [2.05, 4.69) is 15.3 Å². The maximum Gasteiger partial charge on any atom is 0.258 e. The Balaban J connectivity index is 1.60. The Hall–Kier alpha value is -2.70. The van der Waals surface area contributed by atoms with Crippen molar-refractivity contribution < 1.29 is 0 Å². The van der Waals surface area contributed by atoms with E-state index in [4.69, 9.17) is 16.6 Å². The Bertz CT molecular complexity index is 1250. The molecule has 1 aromatic carbocycles. The molecule has 28 heavy (non-hydrogen) atoms. The molecule has 142 valence electrons. The first-order chi connectivity index (χ1) is 13.6. The Morgan fingerprint density at radius 3 is 2.75 bits per heavy atom. The summed E-state index contributed by atoms with van der Waals surface area (Å²) >= 11 is 6.41. The van der Waals surface area contributed by atoms with Gasteiger partial charge in [0.15, 0.2) is 5.65 Å². The van der Waals surface area contributed by atoms with Gasteiger partial charge < -0.3 is 14.7 Å². The molecule has 1 aliphatic rings. The lowest BCUT2D eigenvalue weighted by Gasteiger charge is -2.21. The van der Waals surface area contributed by atoms with Crippen molar-refractivity contribution in [3.8, 4) is 11.1 Å². The summed E-state index contributed by atoms with van der Waals surface area (Å²) in [5, 5.41) is 4.52. The van der Waals surface area contributed by atoms with Crippen LogP contribution in [-0.2, 0) is 0 Å². The molecule has 7 heteroatoms. The van der Waals surface area contributed by atoms with Crippen LogP contribution in [0.5, 0.6) is 0 Å². The summed E-state index contributed by atoms with van der Waals surface area (Å²) in [6.07, 6.45) is 5.91. The second-order valence-electron chi connectivity index (χ2n) is 7.40. The van der Waals surface area contributed by atoms with E-state index in [9.17, 15) is 4.79 Å². The number of piperidine rings is 1. The highest BCUT2D eigenvalue weighted by atomic mass is 35.5. The minimum atomic E-state index is -0.0916. The second kappa shape index (κ2) is 6.72. The fourth-order valence-electron chi connectivity index (χ4n) is 3.96. The van der Waals surface area contributed by atoms with E-state index in [1.165, 1.54) is 0 Å². The zero-order chi connectivity index (χ0) is 19.3. The summed E-state index contributed by atoms with van der Waals surface area (Å²) in [5.74, 6) is 1.11. The van der Waals surface area contributed by atoms with Gasteiger partial charge in [-0.3, -0.25) is 4.79 Å². The van der Waals surface area contributed by atoms with Crippen molar-refractivity contribution in [2.24, 2.45) is 0 Å². The molecule has 0 unspecified atom stereocenters. The molecule has 2 N–H and O–H groups in total. The average Bonchev–Trinajstić information content (AvgIpc) is 3.09. The summed E-state index contributed by atoms with van der Waals surface area (Å²) in [6.45, 7) is 3.86. The van der Waals surface area contributed by atoms with E-state index >= 15 is 0 Å². The number of halogens is 1. The molecule has 0 amide bonds. The molecule has 4 aromatic rings. The highest BCUT2D eigenvalue weighted by Gasteiger charge is 2.18. The third-order valence-corrected chi connectivity index (χ3v) is 5.69. The van der Waals surface area contributed by atoms with Crippen LogP contribution < -0.4 is 10.9 Å². The lowest BCUT2D eigenvalue weighted by Crippen LogP contribution is -2.28. The van der Waals surface area contributed by atoms with E-state index in [1.807, 2.05) is 48.0 Å². The predicted octanol–water partition coefficient (Wildman–Crippen LogP) is 3.67. The maximum absolute atomic E-state index is 12.8. The van der Waals surface area contributed by atoms with Gasteiger partial charge in [-0.15, -0.1) is 0 Å². The number of aromatic nitrogens is 4. The minimum absolute atomic E-state index is 0.0916. The first kappa shape index (κ1) is 17.4. The quantitative estimate of drug-likeness (QED) is 0.545. The normalized spacial score (nSPS) is 15.5. The fourth-order valence-corrected chi connectivity index (χ4v) is 4.22. The Kier molecular flexibility index (Phi) is 4.18. The number of hydrogen-bond acceptors (Lipinski definition) is 4. The SMILES string of the molecule is Cc1cn2cc(-c3ccc4nc(C5CCNCC5)[nH]c(=O)c4c3)cc(Cl)c2n1. The zero-order valence-corrected chi connectivity index (χ0v) is 16.3. The standard InChI is InChI=1S/C21H20ClN5O/c1-12-10-27-11-15(9-17(22)20(27)24-12)14-2-3-18-16(8-14)21(28)26-19(25-18)13-4-6-23-7-5-13/h2-3,8-11,13,23H,4-7H2,1H3,(H,25,26,28). The number of H-pyrrole nitrogens is 1. The zero-order valence-electron chi connectivity index (χ0n) is 15.5. The lowest BCUT2D eigenvalue weighted by molar-refractivity contribution is 0.445. The molecule has 0 spiro atoms. The van der Waals surface area contributed by atoms with Gasteiger partial charge in [-0.25, -0.2) is 9.97 Å². The number of aryl methyl sites for hydroxylation is 1. The van der Waals surface area contributed by atoms with E-state index in [0.29, 0.717) is 16.3 Å². The summed E-state index contributed by atoms with van der Waals surface area (Å²) in [5.41, 5.74) is 4.12. The highest BCUT2D eigenvalue weighted by Crippen LogP contribution is 2.28. The van der Waals surface area contributed by atoms with E-state index in [-0.39, 0.29) is 5.56 Å². The molecular weight excluding hydrogens is 374 g/mol. The molecule has 1 aliphatic heterocycles. The molecule has 0 aliphatic carbocycles. The topological polar surface area (TPSA) is 75.1 Å². The van der Waals surface area contributed by atoms with Crippen LogP contribution in [0.15, 0.2) is 41.5 Å². The van der Waals surface area contributed by atoms with Crippen molar-refractivity contribution in [3.05, 3.63) is 63.6 Å². The summed E-state index contributed by atoms with van der Waals surface area (Å²) in [6, 6.07) is 7.67. The molecule has 0 atom stereocenters. The third-order valence-electron chi connectivity index (χ3n) is 5.41. The lowest BCUT2D eigenvalue weighted by atomic mass is 9.97. The van der Waals surface area contributed by atoms with Gasteiger partial charge in [-0.05, 0) is 62.2 Å². The van der Waals surface area contributed by atoms with Crippen LogP contribution in [0.25, 0.3) is 27.7 Å². The van der Waals surface area contributed by atoms with E-state index in [0.717, 1.165) is 59.7 Å². The molecule has 0 radical (unpaired) electrons. The van der Waals surface area contributed by atoms with Gasteiger partial charge in [0, 0.05) is 18.3 Å².